The SMILES string of the molecule is Cc1ccc(CC2(C)CCCNC2)cc1. The van der Waals surface area contributed by atoms with Crippen molar-refractivity contribution < 1.29 is 0 Å². The molecule has 1 atom stereocenters. The molecular weight excluding hydrogens is 182 g/mol. The summed E-state index contributed by atoms with van der Waals surface area (Å²) in [6.07, 6.45) is 3.89. The molecule has 2 rings (SSSR count). The van der Waals surface area contributed by atoms with Gasteiger partial charge in [-0.05, 0) is 43.7 Å². The lowest BCUT2D eigenvalue weighted by Gasteiger charge is -2.34. The van der Waals surface area contributed by atoms with Gasteiger partial charge in [-0.1, -0.05) is 36.8 Å². The summed E-state index contributed by atoms with van der Waals surface area (Å²) in [7, 11) is 0. The maximum Gasteiger partial charge on any atom is 0.000835 e. The minimum atomic E-state index is 0.466. The number of aryl methyl sites for hydroxylation is 1. The van der Waals surface area contributed by atoms with Crippen molar-refractivity contribution in [2.45, 2.75) is 33.1 Å². The zero-order valence-electron chi connectivity index (χ0n) is 9.84. The van der Waals surface area contributed by atoms with E-state index < -0.39 is 0 Å². The minimum absolute atomic E-state index is 0.466. The van der Waals surface area contributed by atoms with E-state index >= 15 is 0 Å². The van der Waals surface area contributed by atoms with E-state index in [-0.39, 0.29) is 0 Å². The molecule has 0 aromatic heterocycles. The van der Waals surface area contributed by atoms with Crippen LogP contribution in [0.25, 0.3) is 0 Å². The van der Waals surface area contributed by atoms with E-state index in [0.29, 0.717) is 5.41 Å². The van der Waals surface area contributed by atoms with Crippen molar-refractivity contribution in [3.63, 3.8) is 0 Å². The van der Waals surface area contributed by atoms with E-state index in [2.05, 4.69) is 43.4 Å². The second-order valence-corrected chi connectivity index (χ2v) is 5.25. The highest BCUT2D eigenvalue weighted by Gasteiger charge is 2.26. The molecule has 1 aromatic carbocycles. The predicted octanol–water partition coefficient (Wildman–Crippen LogP) is 2.93. The summed E-state index contributed by atoms with van der Waals surface area (Å²) in [4.78, 5) is 0. The van der Waals surface area contributed by atoms with Gasteiger partial charge in [0.25, 0.3) is 0 Å². The first-order chi connectivity index (χ1) is 7.18. The third kappa shape index (κ3) is 2.82. The Morgan fingerprint density at radius 1 is 1.27 bits per heavy atom. The third-order valence-electron chi connectivity index (χ3n) is 3.44. The van der Waals surface area contributed by atoms with Crippen molar-refractivity contribution in [3.05, 3.63) is 35.4 Å². The zero-order valence-corrected chi connectivity index (χ0v) is 9.84. The van der Waals surface area contributed by atoms with Gasteiger partial charge >= 0.3 is 0 Å². The van der Waals surface area contributed by atoms with E-state index in [1.54, 1.807) is 0 Å². The van der Waals surface area contributed by atoms with Crippen LogP contribution in [0.4, 0.5) is 0 Å². The van der Waals surface area contributed by atoms with Crippen LogP contribution in [0.15, 0.2) is 24.3 Å². The Morgan fingerprint density at radius 3 is 2.60 bits per heavy atom. The molecule has 1 heteroatoms. The van der Waals surface area contributed by atoms with Gasteiger partial charge in [-0.15, -0.1) is 0 Å². The quantitative estimate of drug-likeness (QED) is 0.779. The van der Waals surface area contributed by atoms with Crippen molar-refractivity contribution in [2.75, 3.05) is 13.1 Å². The van der Waals surface area contributed by atoms with Crippen LogP contribution < -0.4 is 5.32 Å². The Bertz CT molecular complexity index is 307. The molecule has 1 aliphatic heterocycles. The maximum atomic E-state index is 3.51. The maximum absolute atomic E-state index is 3.51. The molecule has 1 aliphatic rings. The fraction of sp³-hybridized carbons (Fsp3) is 0.571. The number of nitrogens with one attached hydrogen (secondary N) is 1. The highest BCUT2D eigenvalue weighted by molar-refractivity contribution is 5.22. The van der Waals surface area contributed by atoms with Crippen molar-refractivity contribution in [3.8, 4) is 0 Å². The minimum Gasteiger partial charge on any atom is -0.316 e. The third-order valence-corrected chi connectivity index (χ3v) is 3.44. The van der Waals surface area contributed by atoms with E-state index in [4.69, 9.17) is 0 Å². The summed E-state index contributed by atoms with van der Waals surface area (Å²) < 4.78 is 0. The molecule has 1 fully saturated rings. The average molecular weight is 203 g/mol. The summed E-state index contributed by atoms with van der Waals surface area (Å²) >= 11 is 0. The molecule has 82 valence electrons. The molecule has 0 amide bonds. The van der Waals surface area contributed by atoms with E-state index in [1.807, 2.05) is 0 Å². The van der Waals surface area contributed by atoms with Crippen LogP contribution in [0, 0.1) is 12.3 Å². The summed E-state index contributed by atoms with van der Waals surface area (Å²) in [6, 6.07) is 8.98. The van der Waals surface area contributed by atoms with Crippen LogP contribution in [0.1, 0.15) is 30.9 Å². The molecule has 0 bridgehead atoms. The number of rotatable bonds is 2. The van der Waals surface area contributed by atoms with Crippen LogP contribution in [0.2, 0.25) is 0 Å². The van der Waals surface area contributed by atoms with Crippen LogP contribution in [0.3, 0.4) is 0 Å². The predicted molar refractivity (Wildman–Crippen MR) is 65.1 cm³/mol. The second-order valence-electron chi connectivity index (χ2n) is 5.25. The highest BCUT2D eigenvalue weighted by Crippen LogP contribution is 2.29. The normalized spacial score (nSPS) is 26.5. The molecular formula is C14H21N. The molecule has 1 unspecified atom stereocenters. The lowest BCUT2D eigenvalue weighted by molar-refractivity contribution is 0.235. The number of piperidine rings is 1. The molecule has 0 spiro atoms. The molecule has 0 saturated carbocycles. The summed E-state index contributed by atoms with van der Waals surface area (Å²) in [6.45, 7) is 6.91. The molecule has 1 nitrogen and oxygen atoms in total. The molecule has 1 N–H and O–H groups in total. The van der Waals surface area contributed by atoms with Gasteiger partial charge in [-0.2, -0.15) is 0 Å². The topological polar surface area (TPSA) is 12.0 Å². The molecule has 15 heavy (non-hydrogen) atoms. The Balaban J connectivity index is 2.03. The van der Waals surface area contributed by atoms with E-state index in [1.165, 1.54) is 43.5 Å². The molecule has 1 saturated heterocycles. The van der Waals surface area contributed by atoms with Crippen molar-refractivity contribution >= 4 is 0 Å². The van der Waals surface area contributed by atoms with Gasteiger partial charge in [0.2, 0.25) is 0 Å². The van der Waals surface area contributed by atoms with Crippen LogP contribution in [-0.2, 0) is 6.42 Å². The fourth-order valence-corrected chi connectivity index (χ4v) is 2.47. The monoisotopic (exact) mass is 203 g/mol. The van der Waals surface area contributed by atoms with Gasteiger partial charge in [0.1, 0.15) is 0 Å². The number of hydrogen-bond donors (Lipinski definition) is 1. The van der Waals surface area contributed by atoms with Gasteiger partial charge in [-0.25, -0.2) is 0 Å². The summed E-state index contributed by atoms with van der Waals surface area (Å²) in [5, 5.41) is 3.51. The number of hydrogen-bond acceptors (Lipinski definition) is 1. The van der Waals surface area contributed by atoms with E-state index in [9.17, 15) is 0 Å². The van der Waals surface area contributed by atoms with Crippen molar-refractivity contribution in [1.82, 2.24) is 5.32 Å². The molecule has 0 aliphatic carbocycles. The van der Waals surface area contributed by atoms with Crippen LogP contribution >= 0.6 is 0 Å². The fourth-order valence-electron chi connectivity index (χ4n) is 2.47. The standard InChI is InChI=1S/C14H21N/c1-12-4-6-13(7-5-12)10-14(2)8-3-9-15-11-14/h4-7,15H,3,8-11H2,1-2H3. The Kier molecular flexibility index (Phi) is 3.11. The van der Waals surface area contributed by atoms with E-state index in [0.717, 1.165) is 0 Å². The molecule has 1 aromatic rings. The second kappa shape index (κ2) is 4.36. The first kappa shape index (κ1) is 10.7. The van der Waals surface area contributed by atoms with Gasteiger partial charge < -0.3 is 5.32 Å². The average Bonchev–Trinajstić information content (AvgIpc) is 2.22. The largest absolute Gasteiger partial charge is 0.316 e. The molecule has 1 heterocycles. The van der Waals surface area contributed by atoms with Crippen LogP contribution in [0.5, 0.6) is 0 Å². The van der Waals surface area contributed by atoms with Crippen LogP contribution in [-0.4, -0.2) is 13.1 Å². The van der Waals surface area contributed by atoms with Gasteiger partial charge in [0.15, 0.2) is 0 Å². The van der Waals surface area contributed by atoms with Crippen molar-refractivity contribution in [1.29, 1.82) is 0 Å². The van der Waals surface area contributed by atoms with Gasteiger partial charge in [0, 0.05) is 6.54 Å². The first-order valence-electron chi connectivity index (χ1n) is 5.94. The lowest BCUT2D eigenvalue weighted by atomic mass is 9.77. The first-order valence-corrected chi connectivity index (χ1v) is 5.94. The molecule has 0 radical (unpaired) electrons. The summed E-state index contributed by atoms with van der Waals surface area (Å²) in [5.41, 5.74) is 3.30. The Labute approximate surface area is 92.9 Å². The lowest BCUT2D eigenvalue weighted by Crippen LogP contribution is -2.39. The van der Waals surface area contributed by atoms with Gasteiger partial charge in [-0.3, -0.25) is 0 Å². The van der Waals surface area contributed by atoms with Crippen molar-refractivity contribution in [2.24, 2.45) is 5.41 Å². The summed E-state index contributed by atoms with van der Waals surface area (Å²) in [5.74, 6) is 0. The highest BCUT2D eigenvalue weighted by atomic mass is 14.9. The number of benzene rings is 1. The Morgan fingerprint density at radius 2 is 2.00 bits per heavy atom. The van der Waals surface area contributed by atoms with Gasteiger partial charge in [0.05, 0.1) is 0 Å². The smallest absolute Gasteiger partial charge is 0.000835 e. The Hall–Kier alpha value is -0.820. The zero-order chi connectivity index (χ0) is 10.7.